The van der Waals surface area contributed by atoms with Gasteiger partial charge in [-0.1, -0.05) is 58.5 Å². The van der Waals surface area contributed by atoms with Gasteiger partial charge in [-0.2, -0.15) is 5.10 Å². The van der Waals surface area contributed by atoms with Crippen molar-refractivity contribution in [2.45, 2.75) is 6.92 Å². The Labute approximate surface area is 151 Å². The van der Waals surface area contributed by atoms with Crippen LogP contribution in [0.4, 0.5) is 5.69 Å². The number of aromatic nitrogens is 1. The molecule has 9 heteroatoms. The van der Waals surface area contributed by atoms with Crippen LogP contribution >= 0.6 is 46.4 Å². The molecule has 0 aliphatic rings. The van der Waals surface area contributed by atoms with Gasteiger partial charge < -0.3 is 5.11 Å². The lowest BCUT2D eigenvalue weighted by atomic mass is 10.1. The number of hydrogen-bond acceptors (Lipinski definition) is 4. The summed E-state index contributed by atoms with van der Waals surface area (Å²) in [7, 11) is 0. The van der Waals surface area contributed by atoms with Crippen molar-refractivity contribution >= 4 is 63.8 Å². The summed E-state index contributed by atoms with van der Waals surface area (Å²) in [6, 6.07) is 7.06. The number of carboxylic acid groups (broad SMARTS) is 1. The van der Waals surface area contributed by atoms with Gasteiger partial charge in [-0.25, -0.2) is 9.78 Å². The maximum Gasteiger partial charge on any atom is 0.356 e. The van der Waals surface area contributed by atoms with Crippen LogP contribution in [0.15, 0.2) is 29.4 Å². The highest BCUT2D eigenvalue weighted by Gasteiger charge is 2.20. The Morgan fingerprint density at radius 2 is 1.91 bits per heavy atom. The lowest BCUT2D eigenvalue weighted by molar-refractivity contribution is 0.0691. The topological polar surface area (TPSA) is 74.6 Å². The SMILES string of the molecule is C/C(=N/Nc1c(Cl)c(Cl)nc(C(=O)O)c1Cl)c1cccc(Cl)c1. The summed E-state index contributed by atoms with van der Waals surface area (Å²) in [5.41, 5.74) is 3.63. The summed E-state index contributed by atoms with van der Waals surface area (Å²) < 4.78 is 0. The minimum atomic E-state index is -1.33. The number of nitrogens with one attached hydrogen (secondary N) is 1. The van der Waals surface area contributed by atoms with Gasteiger partial charge in [0.25, 0.3) is 0 Å². The number of carboxylic acids is 1. The number of aromatic carboxylic acids is 1. The maximum atomic E-state index is 11.1. The third-order valence-corrected chi connectivity index (χ3v) is 4.16. The van der Waals surface area contributed by atoms with Gasteiger partial charge in [0, 0.05) is 5.02 Å². The Morgan fingerprint density at radius 1 is 1.22 bits per heavy atom. The molecule has 0 spiro atoms. The van der Waals surface area contributed by atoms with E-state index >= 15 is 0 Å². The lowest BCUT2D eigenvalue weighted by Gasteiger charge is -2.10. The first-order chi connectivity index (χ1) is 10.8. The number of hydrogen-bond donors (Lipinski definition) is 2. The van der Waals surface area contributed by atoms with E-state index in [1.165, 1.54) is 0 Å². The molecule has 2 aromatic rings. The fraction of sp³-hybridized carbons (Fsp3) is 0.0714. The van der Waals surface area contributed by atoms with E-state index in [1.54, 1.807) is 25.1 Å². The van der Waals surface area contributed by atoms with E-state index in [0.717, 1.165) is 5.56 Å². The van der Waals surface area contributed by atoms with Crippen LogP contribution in [-0.4, -0.2) is 21.8 Å². The van der Waals surface area contributed by atoms with Crippen LogP contribution < -0.4 is 5.43 Å². The van der Waals surface area contributed by atoms with Crippen molar-refractivity contribution in [2.75, 3.05) is 5.43 Å². The molecule has 0 unspecified atom stereocenters. The highest BCUT2D eigenvalue weighted by atomic mass is 35.5. The minimum Gasteiger partial charge on any atom is -0.476 e. The van der Waals surface area contributed by atoms with Gasteiger partial charge >= 0.3 is 5.97 Å². The predicted molar refractivity (Wildman–Crippen MR) is 93.5 cm³/mol. The molecular weight excluding hydrogens is 384 g/mol. The standard InChI is InChI=1S/C14H9Cl4N3O2/c1-6(7-3-2-4-8(15)5-7)20-21-11-9(16)12(14(22)23)19-13(18)10(11)17/h2-5H,1H3,(H,19,21)(H,22,23)/b20-6-. The Hall–Kier alpha value is -1.53. The van der Waals surface area contributed by atoms with E-state index in [-0.39, 0.29) is 20.9 Å². The summed E-state index contributed by atoms with van der Waals surface area (Å²) in [5.74, 6) is -1.33. The van der Waals surface area contributed by atoms with Crippen molar-refractivity contribution in [1.29, 1.82) is 0 Å². The first-order valence-corrected chi connectivity index (χ1v) is 7.66. The van der Waals surface area contributed by atoms with Crippen molar-refractivity contribution in [3.8, 4) is 0 Å². The van der Waals surface area contributed by atoms with Gasteiger partial charge in [0.1, 0.15) is 10.0 Å². The molecular formula is C14H9Cl4N3O2. The Balaban J connectivity index is 2.40. The molecule has 1 aromatic carbocycles. The second kappa shape index (κ2) is 7.36. The zero-order valence-electron chi connectivity index (χ0n) is 11.6. The quantitative estimate of drug-likeness (QED) is 0.424. The van der Waals surface area contributed by atoms with Crippen LogP contribution in [-0.2, 0) is 0 Å². The lowest BCUT2D eigenvalue weighted by Crippen LogP contribution is -2.06. The molecule has 0 aliphatic carbocycles. The summed E-state index contributed by atoms with van der Waals surface area (Å²) in [5, 5.41) is 13.4. The van der Waals surface area contributed by atoms with Gasteiger partial charge in [-0.3, -0.25) is 5.43 Å². The molecule has 0 aliphatic heterocycles. The molecule has 0 saturated carbocycles. The first kappa shape index (κ1) is 17.8. The molecule has 0 fully saturated rings. The van der Waals surface area contributed by atoms with Crippen molar-refractivity contribution in [3.05, 3.63) is 55.7 Å². The summed E-state index contributed by atoms with van der Waals surface area (Å²) >= 11 is 23.7. The number of anilines is 1. The molecule has 1 aromatic heterocycles. The van der Waals surface area contributed by atoms with Crippen molar-refractivity contribution < 1.29 is 9.90 Å². The molecule has 23 heavy (non-hydrogen) atoms. The molecule has 0 amide bonds. The average molecular weight is 393 g/mol. The van der Waals surface area contributed by atoms with Gasteiger partial charge in [-0.15, -0.1) is 0 Å². The molecule has 0 radical (unpaired) electrons. The van der Waals surface area contributed by atoms with Crippen molar-refractivity contribution in [1.82, 2.24) is 4.98 Å². The van der Waals surface area contributed by atoms with E-state index in [9.17, 15) is 4.79 Å². The molecule has 5 nitrogen and oxygen atoms in total. The van der Waals surface area contributed by atoms with Crippen molar-refractivity contribution in [3.63, 3.8) is 0 Å². The number of hydrazone groups is 1. The molecule has 0 atom stereocenters. The van der Waals surface area contributed by atoms with E-state index in [1.807, 2.05) is 6.07 Å². The second-order valence-electron chi connectivity index (χ2n) is 4.38. The zero-order chi connectivity index (χ0) is 17.1. The van der Waals surface area contributed by atoms with E-state index in [4.69, 9.17) is 51.5 Å². The number of nitrogens with zero attached hydrogens (tertiary/aromatic N) is 2. The smallest absolute Gasteiger partial charge is 0.356 e. The highest BCUT2D eigenvalue weighted by Crippen LogP contribution is 2.36. The van der Waals surface area contributed by atoms with E-state index in [0.29, 0.717) is 10.7 Å². The van der Waals surface area contributed by atoms with Crippen LogP contribution in [0.1, 0.15) is 23.0 Å². The van der Waals surface area contributed by atoms with E-state index < -0.39 is 11.7 Å². The fourth-order valence-electron chi connectivity index (χ4n) is 1.67. The van der Waals surface area contributed by atoms with Crippen molar-refractivity contribution in [2.24, 2.45) is 5.10 Å². The van der Waals surface area contributed by atoms with Gasteiger partial charge in [0.15, 0.2) is 10.8 Å². The zero-order valence-corrected chi connectivity index (χ0v) is 14.6. The van der Waals surface area contributed by atoms with Crippen LogP contribution in [0, 0.1) is 0 Å². The van der Waals surface area contributed by atoms with Crippen LogP contribution in [0.25, 0.3) is 0 Å². The highest BCUT2D eigenvalue weighted by molar-refractivity contribution is 6.46. The molecule has 2 rings (SSSR count). The molecule has 0 saturated heterocycles. The third kappa shape index (κ3) is 4.06. The molecule has 0 bridgehead atoms. The summed E-state index contributed by atoms with van der Waals surface area (Å²) in [4.78, 5) is 14.7. The first-order valence-electron chi connectivity index (χ1n) is 6.15. The van der Waals surface area contributed by atoms with E-state index in [2.05, 4.69) is 15.5 Å². The molecule has 2 N–H and O–H groups in total. The number of rotatable bonds is 4. The van der Waals surface area contributed by atoms with Gasteiger partial charge in [0.2, 0.25) is 0 Å². The number of benzene rings is 1. The Bertz CT molecular complexity index is 809. The van der Waals surface area contributed by atoms with Crippen LogP contribution in [0.5, 0.6) is 0 Å². The normalized spacial score (nSPS) is 11.4. The second-order valence-corrected chi connectivity index (χ2v) is 5.93. The van der Waals surface area contributed by atoms with Crippen LogP contribution in [0.2, 0.25) is 20.2 Å². The molecule has 1 heterocycles. The monoisotopic (exact) mass is 391 g/mol. The molecule has 120 valence electrons. The van der Waals surface area contributed by atoms with Gasteiger partial charge in [0.05, 0.1) is 11.4 Å². The van der Waals surface area contributed by atoms with Gasteiger partial charge in [-0.05, 0) is 24.6 Å². The number of carbonyl (C=O) groups is 1. The Kier molecular flexibility index (Phi) is 5.70. The third-order valence-electron chi connectivity index (χ3n) is 2.82. The summed E-state index contributed by atoms with van der Waals surface area (Å²) in [6.07, 6.45) is 0. The van der Waals surface area contributed by atoms with Crippen LogP contribution in [0.3, 0.4) is 0 Å². The minimum absolute atomic E-state index is 0.0238. The number of halogens is 4. The predicted octanol–water partition coefficient (Wildman–Crippen LogP) is 5.23. The maximum absolute atomic E-state index is 11.1. The Morgan fingerprint density at radius 3 is 2.52 bits per heavy atom. The summed E-state index contributed by atoms with van der Waals surface area (Å²) in [6.45, 7) is 1.74. The largest absolute Gasteiger partial charge is 0.476 e. The fourth-order valence-corrected chi connectivity index (χ4v) is 2.53. The average Bonchev–Trinajstić information content (AvgIpc) is 2.50. The number of pyridine rings is 1.